The fourth-order valence-corrected chi connectivity index (χ4v) is 1.30. The van der Waals surface area contributed by atoms with Crippen molar-refractivity contribution in [3.63, 3.8) is 0 Å². The van der Waals surface area contributed by atoms with Gasteiger partial charge in [0.1, 0.15) is 36.3 Å². The zero-order chi connectivity index (χ0) is 11.4. The number of aliphatic hydroxyl groups excluding tert-OH is 1. The normalized spacial score (nSPS) is 10.4. The van der Waals surface area contributed by atoms with Crippen LogP contribution in [0.15, 0.2) is 40.8 Å². The number of benzene rings is 1. The van der Waals surface area contributed by atoms with Crippen LogP contribution in [0, 0.1) is 5.82 Å². The lowest BCUT2D eigenvalue weighted by Gasteiger charge is -2.03. The van der Waals surface area contributed by atoms with E-state index in [-0.39, 0.29) is 19.0 Å². The van der Waals surface area contributed by atoms with Gasteiger partial charge < -0.3 is 14.3 Å². The largest absolute Gasteiger partial charge is 0.486 e. The van der Waals surface area contributed by atoms with E-state index in [1.54, 1.807) is 24.3 Å². The van der Waals surface area contributed by atoms with E-state index in [4.69, 9.17) is 14.3 Å². The zero-order valence-corrected chi connectivity index (χ0v) is 8.52. The fourth-order valence-electron chi connectivity index (χ4n) is 1.30. The zero-order valence-electron chi connectivity index (χ0n) is 8.52. The molecule has 0 atom stereocenters. The molecule has 1 aromatic heterocycles. The average molecular weight is 222 g/mol. The fraction of sp³-hybridized carbons (Fsp3) is 0.167. The number of hydrogen-bond acceptors (Lipinski definition) is 3. The Morgan fingerprint density at radius 1 is 1.19 bits per heavy atom. The molecule has 0 spiro atoms. The summed E-state index contributed by atoms with van der Waals surface area (Å²) in [6.07, 6.45) is 0. The number of furan rings is 1. The minimum Gasteiger partial charge on any atom is -0.486 e. The molecule has 0 fully saturated rings. The van der Waals surface area contributed by atoms with E-state index in [1.807, 2.05) is 0 Å². The molecule has 0 amide bonds. The molecule has 4 heteroatoms. The van der Waals surface area contributed by atoms with Gasteiger partial charge in [0.15, 0.2) is 0 Å². The lowest BCUT2D eigenvalue weighted by molar-refractivity contribution is 0.224. The summed E-state index contributed by atoms with van der Waals surface area (Å²) < 4.78 is 23.3. The van der Waals surface area contributed by atoms with Gasteiger partial charge in [-0.3, -0.25) is 0 Å². The van der Waals surface area contributed by atoms with Crippen LogP contribution in [0.25, 0.3) is 0 Å². The third-order valence-electron chi connectivity index (χ3n) is 2.05. The lowest BCUT2D eigenvalue weighted by atomic mass is 10.3. The van der Waals surface area contributed by atoms with Crippen LogP contribution in [0.1, 0.15) is 11.5 Å². The number of halogens is 1. The Bertz CT molecular complexity index is 465. The number of ether oxygens (including phenoxy) is 1. The van der Waals surface area contributed by atoms with Gasteiger partial charge in [-0.1, -0.05) is 6.07 Å². The Kier molecular flexibility index (Phi) is 3.22. The topological polar surface area (TPSA) is 42.6 Å². The monoisotopic (exact) mass is 222 g/mol. The highest BCUT2D eigenvalue weighted by atomic mass is 19.1. The van der Waals surface area contributed by atoms with Crippen LogP contribution in [-0.4, -0.2) is 5.11 Å². The maximum Gasteiger partial charge on any atom is 0.146 e. The van der Waals surface area contributed by atoms with Gasteiger partial charge in [-0.15, -0.1) is 0 Å². The van der Waals surface area contributed by atoms with Crippen molar-refractivity contribution >= 4 is 0 Å². The molecule has 0 aliphatic heterocycles. The van der Waals surface area contributed by atoms with Gasteiger partial charge in [0.05, 0.1) is 0 Å². The maximum absolute atomic E-state index is 12.8. The lowest BCUT2D eigenvalue weighted by Crippen LogP contribution is -1.93. The number of aliphatic hydroxyl groups is 1. The maximum atomic E-state index is 12.8. The van der Waals surface area contributed by atoms with Crippen LogP contribution in [0.3, 0.4) is 0 Å². The highest BCUT2D eigenvalue weighted by molar-refractivity contribution is 5.22. The molecule has 84 valence electrons. The van der Waals surface area contributed by atoms with E-state index in [0.29, 0.717) is 17.3 Å². The number of hydrogen-bond donors (Lipinski definition) is 1. The molecule has 0 radical (unpaired) electrons. The van der Waals surface area contributed by atoms with Gasteiger partial charge in [0.25, 0.3) is 0 Å². The highest BCUT2D eigenvalue weighted by Crippen LogP contribution is 2.15. The predicted octanol–water partition coefficient (Wildman–Crippen LogP) is 2.49. The third kappa shape index (κ3) is 2.61. The van der Waals surface area contributed by atoms with E-state index < -0.39 is 0 Å². The molecule has 0 aliphatic carbocycles. The van der Waals surface area contributed by atoms with Gasteiger partial charge >= 0.3 is 0 Å². The van der Waals surface area contributed by atoms with Crippen LogP contribution >= 0.6 is 0 Å². The summed E-state index contributed by atoms with van der Waals surface area (Å²) in [5.74, 6) is 1.18. The van der Waals surface area contributed by atoms with Crippen molar-refractivity contribution in [2.24, 2.45) is 0 Å². The summed E-state index contributed by atoms with van der Waals surface area (Å²) in [4.78, 5) is 0. The second-order valence-electron chi connectivity index (χ2n) is 3.27. The first-order valence-electron chi connectivity index (χ1n) is 4.85. The molecule has 0 aliphatic rings. The van der Waals surface area contributed by atoms with Crippen molar-refractivity contribution in [2.75, 3.05) is 0 Å². The molecule has 0 saturated carbocycles. The molecule has 2 rings (SSSR count). The van der Waals surface area contributed by atoms with E-state index in [9.17, 15) is 4.39 Å². The Labute approximate surface area is 92.1 Å². The molecular weight excluding hydrogens is 211 g/mol. The molecule has 1 N–H and O–H groups in total. The van der Waals surface area contributed by atoms with E-state index in [0.717, 1.165) is 0 Å². The predicted molar refractivity (Wildman–Crippen MR) is 55.4 cm³/mol. The van der Waals surface area contributed by atoms with Gasteiger partial charge in [-0.2, -0.15) is 0 Å². The summed E-state index contributed by atoms with van der Waals surface area (Å²) in [5, 5.41) is 8.79. The Balaban J connectivity index is 1.96. The van der Waals surface area contributed by atoms with Crippen LogP contribution in [0.5, 0.6) is 5.75 Å². The van der Waals surface area contributed by atoms with Crippen molar-refractivity contribution in [1.29, 1.82) is 0 Å². The van der Waals surface area contributed by atoms with Gasteiger partial charge in [-0.25, -0.2) is 4.39 Å². The summed E-state index contributed by atoms with van der Waals surface area (Å²) in [6.45, 7) is 0.0728. The Morgan fingerprint density at radius 3 is 2.69 bits per heavy atom. The first kappa shape index (κ1) is 10.7. The van der Waals surface area contributed by atoms with Crippen molar-refractivity contribution in [3.8, 4) is 5.75 Å². The van der Waals surface area contributed by atoms with E-state index in [1.165, 1.54) is 12.1 Å². The first-order valence-corrected chi connectivity index (χ1v) is 4.85. The van der Waals surface area contributed by atoms with Crippen molar-refractivity contribution in [3.05, 3.63) is 53.7 Å². The van der Waals surface area contributed by atoms with Gasteiger partial charge in [0.2, 0.25) is 0 Å². The Hall–Kier alpha value is -1.81. The van der Waals surface area contributed by atoms with Crippen molar-refractivity contribution < 1.29 is 18.7 Å². The molecule has 0 saturated heterocycles. The minimum atomic E-state index is -0.340. The van der Waals surface area contributed by atoms with E-state index in [2.05, 4.69) is 0 Å². The van der Waals surface area contributed by atoms with Gasteiger partial charge in [-0.05, 0) is 24.3 Å². The number of rotatable bonds is 4. The molecule has 0 unspecified atom stereocenters. The van der Waals surface area contributed by atoms with Crippen LogP contribution in [0.4, 0.5) is 4.39 Å². The average Bonchev–Trinajstić information content (AvgIpc) is 2.74. The van der Waals surface area contributed by atoms with Crippen LogP contribution in [0.2, 0.25) is 0 Å². The second-order valence-corrected chi connectivity index (χ2v) is 3.27. The minimum absolute atomic E-state index is 0.139. The summed E-state index contributed by atoms with van der Waals surface area (Å²) >= 11 is 0. The second kappa shape index (κ2) is 4.81. The molecule has 3 nitrogen and oxygen atoms in total. The summed E-state index contributed by atoms with van der Waals surface area (Å²) in [6, 6.07) is 9.28. The quantitative estimate of drug-likeness (QED) is 0.864. The first-order chi connectivity index (χ1) is 7.78. The molecule has 1 aromatic carbocycles. The molecule has 16 heavy (non-hydrogen) atoms. The van der Waals surface area contributed by atoms with Gasteiger partial charge in [0, 0.05) is 6.07 Å². The van der Waals surface area contributed by atoms with Crippen LogP contribution in [-0.2, 0) is 13.2 Å². The highest BCUT2D eigenvalue weighted by Gasteiger charge is 2.02. The summed E-state index contributed by atoms with van der Waals surface area (Å²) in [7, 11) is 0. The Morgan fingerprint density at radius 2 is 2.00 bits per heavy atom. The SMILES string of the molecule is OCc1ccc(COc2cccc(F)c2)o1. The molecular formula is C12H11FO3. The van der Waals surface area contributed by atoms with Crippen molar-refractivity contribution in [1.82, 2.24) is 0 Å². The smallest absolute Gasteiger partial charge is 0.146 e. The van der Waals surface area contributed by atoms with Crippen molar-refractivity contribution in [2.45, 2.75) is 13.2 Å². The standard InChI is InChI=1S/C12H11FO3/c13-9-2-1-3-10(6-9)15-8-12-5-4-11(7-14)16-12/h1-6,14H,7-8H2. The van der Waals surface area contributed by atoms with Crippen LogP contribution < -0.4 is 4.74 Å². The molecule has 0 bridgehead atoms. The molecule has 2 aromatic rings. The molecule has 1 heterocycles. The summed E-state index contributed by atoms with van der Waals surface area (Å²) in [5.41, 5.74) is 0. The van der Waals surface area contributed by atoms with E-state index >= 15 is 0 Å². The third-order valence-corrected chi connectivity index (χ3v) is 2.05.